The third kappa shape index (κ3) is 2.42. The molecule has 0 radical (unpaired) electrons. The zero-order valence-electron chi connectivity index (χ0n) is 9.96. The van der Waals surface area contributed by atoms with E-state index in [9.17, 15) is 14.9 Å². The van der Waals surface area contributed by atoms with Gasteiger partial charge in [0.05, 0.1) is 4.92 Å². The number of nitrogens with zero attached hydrogens (tertiary/aromatic N) is 2. The lowest BCUT2D eigenvalue weighted by molar-refractivity contribution is -0.384. The summed E-state index contributed by atoms with van der Waals surface area (Å²) in [5.74, 6) is -0.650. The minimum atomic E-state index is -0.650. The molecule has 2 rings (SSSR count). The first-order valence-corrected chi connectivity index (χ1v) is 5.93. The second kappa shape index (κ2) is 5.03. The number of anilines is 1. The number of primary amides is 1. The molecular weight excluding hydrogens is 234 g/mol. The molecule has 1 fully saturated rings. The van der Waals surface area contributed by atoms with Crippen molar-refractivity contribution in [2.24, 2.45) is 5.73 Å². The fourth-order valence-electron chi connectivity index (χ4n) is 2.23. The van der Waals surface area contributed by atoms with Crippen molar-refractivity contribution >= 4 is 17.3 Å². The molecule has 1 aliphatic rings. The first kappa shape index (κ1) is 12.3. The minimum absolute atomic E-state index is 0.0480. The molecule has 0 bridgehead atoms. The van der Waals surface area contributed by atoms with Crippen LogP contribution in [-0.2, 0) is 0 Å². The molecule has 0 spiro atoms. The fraction of sp³-hybridized carbons (Fsp3) is 0.417. The molecule has 2 N–H and O–H groups in total. The smallest absolute Gasteiger partial charge is 0.293 e. The molecule has 0 atom stereocenters. The van der Waals surface area contributed by atoms with E-state index in [1.165, 1.54) is 6.07 Å². The summed E-state index contributed by atoms with van der Waals surface area (Å²) in [4.78, 5) is 23.6. The second-order valence-corrected chi connectivity index (χ2v) is 4.37. The van der Waals surface area contributed by atoms with E-state index in [0.717, 1.165) is 32.4 Å². The minimum Gasteiger partial charge on any atom is -0.366 e. The van der Waals surface area contributed by atoms with Crippen molar-refractivity contribution < 1.29 is 9.72 Å². The number of benzene rings is 1. The molecule has 1 aliphatic heterocycles. The van der Waals surface area contributed by atoms with Crippen molar-refractivity contribution in [3.8, 4) is 0 Å². The molecule has 1 aromatic rings. The van der Waals surface area contributed by atoms with Crippen LogP contribution in [0.2, 0.25) is 0 Å². The monoisotopic (exact) mass is 249 g/mol. The van der Waals surface area contributed by atoms with Crippen LogP contribution in [0.4, 0.5) is 11.4 Å². The van der Waals surface area contributed by atoms with Crippen LogP contribution in [0, 0.1) is 10.1 Å². The first-order chi connectivity index (χ1) is 8.59. The van der Waals surface area contributed by atoms with Gasteiger partial charge in [-0.05, 0) is 31.4 Å². The molecule has 96 valence electrons. The Morgan fingerprint density at radius 1 is 1.28 bits per heavy atom. The maximum Gasteiger partial charge on any atom is 0.293 e. The van der Waals surface area contributed by atoms with Crippen LogP contribution in [-0.4, -0.2) is 23.9 Å². The summed E-state index contributed by atoms with van der Waals surface area (Å²) in [6, 6.07) is 4.41. The second-order valence-electron chi connectivity index (χ2n) is 4.37. The van der Waals surface area contributed by atoms with E-state index in [-0.39, 0.29) is 11.3 Å². The lowest BCUT2D eigenvalue weighted by atomic mass is 10.1. The maximum atomic E-state index is 11.1. The number of hydrogen-bond acceptors (Lipinski definition) is 4. The number of piperidine rings is 1. The van der Waals surface area contributed by atoms with Gasteiger partial charge >= 0.3 is 0 Å². The first-order valence-electron chi connectivity index (χ1n) is 5.93. The molecule has 0 unspecified atom stereocenters. The van der Waals surface area contributed by atoms with Crippen LogP contribution in [0.5, 0.6) is 0 Å². The van der Waals surface area contributed by atoms with Gasteiger partial charge in [0.1, 0.15) is 5.69 Å². The van der Waals surface area contributed by atoms with Gasteiger partial charge in [0.15, 0.2) is 0 Å². The van der Waals surface area contributed by atoms with Crippen LogP contribution in [0.3, 0.4) is 0 Å². The number of nitrogens with two attached hydrogens (primary N) is 1. The Morgan fingerprint density at radius 2 is 1.94 bits per heavy atom. The average Bonchev–Trinajstić information content (AvgIpc) is 2.39. The fourth-order valence-corrected chi connectivity index (χ4v) is 2.23. The van der Waals surface area contributed by atoms with E-state index in [1.54, 1.807) is 12.1 Å². The molecule has 0 aliphatic carbocycles. The van der Waals surface area contributed by atoms with Gasteiger partial charge in [-0.25, -0.2) is 0 Å². The number of rotatable bonds is 3. The van der Waals surface area contributed by atoms with Crippen LogP contribution >= 0.6 is 0 Å². The third-order valence-electron chi connectivity index (χ3n) is 3.15. The zero-order valence-corrected chi connectivity index (χ0v) is 9.96. The van der Waals surface area contributed by atoms with Crippen molar-refractivity contribution in [2.45, 2.75) is 19.3 Å². The van der Waals surface area contributed by atoms with Gasteiger partial charge in [0.25, 0.3) is 5.69 Å². The molecular formula is C12H15N3O3. The van der Waals surface area contributed by atoms with E-state index < -0.39 is 10.8 Å². The van der Waals surface area contributed by atoms with E-state index in [0.29, 0.717) is 5.69 Å². The van der Waals surface area contributed by atoms with Gasteiger partial charge in [-0.2, -0.15) is 0 Å². The molecule has 1 saturated heterocycles. The number of carbonyl (C=O) groups is 1. The van der Waals surface area contributed by atoms with E-state index >= 15 is 0 Å². The summed E-state index contributed by atoms with van der Waals surface area (Å²) in [6.07, 6.45) is 3.23. The molecule has 6 heteroatoms. The van der Waals surface area contributed by atoms with Crippen molar-refractivity contribution in [3.63, 3.8) is 0 Å². The quantitative estimate of drug-likeness (QED) is 0.652. The highest BCUT2D eigenvalue weighted by molar-refractivity contribution is 5.94. The summed E-state index contributed by atoms with van der Waals surface area (Å²) in [6.45, 7) is 1.63. The molecule has 6 nitrogen and oxygen atoms in total. The van der Waals surface area contributed by atoms with Gasteiger partial charge in [0, 0.05) is 24.7 Å². The van der Waals surface area contributed by atoms with Crippen LogP contribution < -0.4 is 10.6 Å². The molecule has 0 aromatic heterocycles. The Balaban J connectivity index is 2.39. The SMILES string of the molecule is NC(=O)c1ccc(N2CCCCC2)c([N+](=O)[O-])c1. The largest absolute Gasteiger partial charge is 0.366 e. The lowest BCUT2D eigenvalue weighted by Crippen LogP contribution is -2.30. The highest BCUT2D eigenvalue weighted by Crippen LogP contribution is 2.31. The van der Waals surface area contributed by atoms with Crippen molar-refractivity contribution in [1.82, 2.24) is 0 Å². The van der Waals surface area contributed by atoms with Crippen LogP contribution in [0.25, 0.3) is 0 Å². The van der Waals surface area contributed by atoms with Crippen molar-refractivity contribution in [1.29, 1.82) is 0 Å². The summed E-state index contributed by atoms with van der Waals surface area (Å²) >= 11 is 0. The number of nitro groups is 1. The Morgan fingerprint density at radius 3 is 2.50 bits per heavy atom. The van der Waals surface area contributed by atoms with Crippen LogP contribution in [0.1, 0.15) is 29.6 Å². The summed E-state index contributed by atoms with van der Waals surface area (Å²) < 4.78 is 0. The lowest BCUT2D eigenvalue weighted by Gasteiger charge is -2.28. The predicted molar refractivity (Wildman–Crippen MR) is 67.7 cm³/mol. The highest BCUT2D eigenvalue weighted by Gasteiger charge is 2.22. The Hall–Kier alpha value is -2.11. The normalized spacial score (nSPS) is 15.4. The van der Waals surface area contributed by atoms with Crippen molar-refractivity contribution in [2.75, 3.05) is 18.0 Å². The molecule has 1 heterocycles. The van der Waals surface area contributed by atoms with Gasteiger partial charge < -0.3 is 10.6 Å². The molecule has 1 aromatic carbocycles. The van der Waals surface area contributed by atoms with Gasteiger partial charge in [0.2, 0.25) is 5.91 Å². The zero-order chi connectivity index (χ0) is 13.1. The predicted octanol–water partition coefficient (Wildman–Crippen LogP) is 1.68. The maximum absolute atomic E-state index is 11.1. The number of amides is 1. The average molecular weight is 249 g/mol. The molecule has 0 saturated carbocycles. The number of hydrogen-bond donors (Lipinski definition) is 1. The Labute approximate surface area is 105 Å². The molecule has 1 amide bonds. The number of nitro benzene ring substituents is 1. The number of carbonyl (C=O) groups excluding carboxylic acids is 1. The summed E-state index contributed by atoms with van der Waals surface area (Å²) in [7, 11) is 0. The highest BCUT2D eigenvalue weighted by atomic mass is 16.6. The Kier molecular flexibility index (Phi) is 3.45. The van der Waals surface area contributed by atoms with E-state index in [2.05, 4.69) is 0 Å². The van der Waals surface area contributed by atoms with Gasteiger partial charge in [-0.3, -0.25) is 14.9 Å². The van der Waals surface area contributed by atoms with Gasteiger partial charge in [-0.15, -0.1) is 0 Å². The topological polar surface area (TPSA) is 89.5 Å². The van der Waals surface area contributed by atoms with Crippen molar-refractivity contribution in [3.05, 3.63) is 33.9 Å². The molecule has 18 heavy (non-hydrogen) atoms. The van der Waals surface area contributed by atoms with E-state index in [4.69, 9.17) is 5.73 Å². The van der Waals surface area contributed by atoms with Gasteiger partial charge in [-0.1, -0.05) is 0 Å². The van der Waals surface area contributed by atoms with E-state index in [1.807, 2.05) is 4.90 Å². The summed E-state index contributed by atoms with van der Waals surface area (Å²) in [5, 5.41) is 11.1. The summed E-state index contributed by atoms with van der Waals surface area (Å²) in [5.41, 5.74) is 5.83. The third-order valence-corrected chi connectivity index (χ3v) is 3.15. The Bertz CT molecular complexity index is 481. The van der Waals surface area contributed by atoms with Crippen LogP contribution in [0.15, 0.2) is 18.2 Å². The standard InChI is InChI=1S/C12H15N3O3/c13-12(16)9-4-5-10(11(8-9)15(17)18)14-6-2-1-3-7-14/h4-5,8H,1-3,6-7H2,(H2,13,16).